The van der Waals surface area contributed by atoms with E-state index >= 15 is 0 Å². The van der Waals surface area contributed by atoms with Crippen molar-refractivity contribution in [2.75, 3.05) is 20.8 Å². The minimum atomic E-state index is -1.07. The van der Waals surface area contributed by atoms with Crippen molar-refractivity contribution in [3.8, 4) is 0 Å². The molecule has 1 saturated carbocycles. The van der Waals surface area contributed by atoms with Crippen LogP contribution in [0.15, 0.2) is 24.3 Å². The highest BCUT2D eigenvalue weighted by molar-refractivity contribution is 9.14. The van der Waals surface area contributed by atoms with Crippen LogP contribution in [0.5, 0.6) is 0 Å². The largest absolute Gasteiger partial charge is 0.477 e. The molecule has 2 saturated heterocycles. The Bertz CT molecular complexity index is 1120. The number of halogens is 3. The zero-order chi connectivity index (χ0) is 29.6. The van der Waals surface area contributed by atoms with Crippen LogP contribution in [0.4, 0.5) is 0 Å². The van der Waals surface area contributed by atoms with E-state index in [1.165, 1.54) is 7.11 Å². The van der Waals surface area contributed by atoms with E-state index in [2.05, 4.69) is 59.9 Å². The van der Waals surface area contributed by atoms with Crippen LogP contribution >= 0.6 is 47.8 Å². The van der Waals surface area contributed by atoms with Crippen LogP contribution in [0.2, 0.25) is 0 Å². The van der Waals surface area contributed by atoms with E-state index in [4.69, 9.17) is 14.2 Å². The van der Waals surface area contributed by atoms with Gasteiger partial charge in [-0.05, 0) is 42.6 Å². The number of quaternary nitrogens is 1. The maximum absolute atomic E-state index is 13.1. The molecule has 4 bridgehead atoms. The van der Waals surface area contributed by atoms with Gasteiger partial charge in [-0.2, -0.15) is 0 Å². The molecule has 2 aliphatic carbocycles. The van der Waals surface area contributed by atoms with Crippen LogP contribution < -0.4 is 0 Å². The molecular formula is C28H39Br3NO8+. The van der Waals surface area contributed by atoms with Gasteiger partial charge in [-0.15, -0.1) is 0 Å². The standard InChI is InChI=1S/C28H38Br3NO8/c1-13-19(32(4)22(23(35)36)26(3,30)28(31,14(2)33)25(32)29)21-16-9-8-15-12-17(38-5)24(37)39-11-7-6-10-27(15,40-21)18(16)20(13)34/h6,8-10,13-22,25,33-34H,7,11-12H2,1-5H3/p+1/b10-6+/t13-,14-,15-,16-,17+,18+,19-,20-,21-,22?,25?,26-,27+,28-,32?/m1/s1. The van der Waals surface area contributed by atoms with Crippen LogP contribution in [0.1, 0.15) is 33.6 Å². The molecule has 9 nitrogen and oxygen atoms in total. The summed E-state index contributed by atoms with van der Waals surface area (Å²) in [5, 5.41) is 33.8. The quantitative estimate of drug-likeness (QED) is 0.132. The highest BCUT2D eigenvalue weighted by Gasteiger charge is 2.80. The average Bonchev–Trinajstić information content (AvgIpc) is 3.12. The highest BCUT2D eigenvalue weighted by atomic mass is 79.9. The first-order valence-corrected chi connectivity index (χ1v) is 16.3. The molecule has 5 rings (SSSR count). The fourth-order valence-electron chi connectivity index (χ4n) is 8.86. The highest BCUT2D eigenvalue weighted by Crippen LogP contribution is 2.65. The van der Waals surface area contributed by atoms with Gasteiger partial charge in [0.15, 0.2) is 11.1 Å². The Morgan fingerprint density at radius 2 is 1.98 bits per heavy atom. The van der Waals surface area contributed by atoms with E-state index in [1.54, 1.807) is 13.8 Å². The van der Waals surface area contributed by atoms with E-state index in [0.717, 1.165) is 0 Å². The number of aliphatic hydroxyl groups excluding tert-OH is 2. The summed E-state index contributed by atoms with van der Waals surface area (Å²) >= 11 is 11.4. The van der Waals surface area contributed by atoms with E-state index in [9.17, 15) is 24.9 Å². The molecule has 3 fully saturated rings. The number of likely N-dealkylation sites (N-methyl/N-ethyl adjacent to an activating group) is 1. The molecule has 0 radical (unpaired) electrons. The number of carbonyl (C=O) groups excluding carboxylic acids is 1. The fraction of sp³-hybridized carbons (Fsp3) is 0.786. The van der Waals surface area contributed by atoms with Gasteiger partial charge < -0.3 is 29.5 Å². The van der Waals surface area contributed by atoms with Crippen molar-refractivity contribution in [1.82, 2.24) is 0 Å². The summed E-state index contributed by atoms with van der Waals surface area (Å²) in [4.78, 5) is 25.2. The lowest BCUT2D eigenvalue weighted by Gasteiger charge is -2.53. The van der Waals surface area contributed by atoms with Crippen molar-refractivity contribution in [1.29, 1.82) is 0 Å². The van der Waals surface area contributed by atoms with Crippen molar-refractivity contribution in [2.24, 2.45) is 23.7 Å². The summed E-state index contributed by atoms with van der Waals surface area (Å²) in [6, 6.07) is -1.46. The predicted octanol–water partition coefficient (Wildman–Crippen LogP) is 3.13. The van der Waals surface area contributed by atoms with Gasteiger partial charge in [0.2, 0.25) is 6.04 Å². The molecule has 224 valence electrons. The minimum absolute atomic E-state index is 0.0231. The van der Waals surface area contributed by atoms with Gasteiger partial charge in [0.25, 0.3) is 0 Å². The summed E-state index contributed by atoms with van der Waals surface area (Å²) < 4.78 is 15.9. The second-order valence-corrected chi connectivity index (χ2v) is 16.3. The molecule has 40 heavy (non-hydrogen) atoms. The molecule has 3 aliphatic heterocycles. The topological polar surface area (TPSA) is 123 Å². The maximum Gasteiger partial charge on any atom is 0.364 e. The van der Waals surface area contributed by atoms with Crippen molar-refractivity contribution in [3.63, 3.8) is 0 Å². The van der Waals surface area contributed by atoms with Gasteiger partial charge in [0.1, 0.15) is 20.8 Å². The smallest absolute Gasteiger partial charge is 0.364 e. The first-order valence-electron chi connectivity index (χ1n) is 13.8. The Morgan fingerprint density at radius 3 is 2.58 bits per heavy atom. The number of hydrogen-bond donors (Lipinski definition) is 3. The molecule has 3 N–H and O–H groups in total. The average molecular weight is 757 g/mol. The first kappa shape index (κ1) is 31.1. The number of alkyl halides is 3. The van der Waals surface area contributed by atoms with Gasteiger partial charge in [-0.3, -0.25) is 4.48 Å². The zero-order valence-electron chi connectivity index (χ0n) is 23.2. The number of carbonyl (C=O) groups is 2. The van der Waals surface area contributed by atoms with E-state index in [0.29, 0.717) is 12.8 Å². The van der Waals surface area contributed by atoms with Crippen molar-refractivity contribution >= 4 is 59.7 Å². The number of ether oxygens (including phenoxy) is 3. The van der Waals surface area contributed by atoms with Gasteiger partial charge in [0.05, 0.1) is 31.5 Å². The summed E-state index contributed by atoms with van der Waals surface area (Å²) in [5.74, 6) is -2.49. The SMILES string of the molecule is CO[C@H]1C[C@H]2C=C[C@H]3[C@H]4O[C@]2(/C=C/CCOC1=O)[C@@H]3[C@H](O)[C@H](C)[C@H]4[N+]1(C)C(C(=O)O)[C@@](C)(Br)[C@@](Br)([C@@H](C)O)C1Br. The number of methoxy groups -OCH3 is 1. The van der Waals surface area contributed by atoms with Gasteiger partial charge >= 0.3 is 11.9 Å². The number of carboxylic acids is 1. The molecule has 0 amide bonds. The first-order chi connectivity index (χ1) is 18.6. The number of carboxylic acid groups (broad SMARTS) is 1. The number of hydrogen-bond acceptors (Lipinski definition) is 7. The second-order valence-electron chi connectivity index (χ2n) is 12.5. The van der Waals surface area contributed by atoms with Gasteiger partial charge in [-0.25, -0.2) is 9.59 Å². The molecule has 1 spiro atoms. The Morgan fingerprint density at radius 1 is 1.30 bits per heavy atom. The molecule has 0 aromatic heterocycles. The minimum Gasteiger partial charge on any atom is -0.477 e. The summed E-state index contributed by atoms with van der Waals surface area (Å²) in [6.07, 6.45) is 6.04. The number of aliphatic carboxylic acids is 1. The number of likely N-dealkylation sites (tertiary alicyclic amines) is 1. The Balaban J connectivity index is 1.65. The molecule has 15 atom stereocenters. The lowest BCUT2D eigenvalue weighted by atomic mass is 9.58. The van der Waals surface area contributed by atoms with Gasteiger partial charge in [0, 0.05) is 30.8 Å². The number of aliphatic hydroxyl groups is 2. The Kier molecular flexibility index (Phi) is 8.07. The third-order valence-electron chi connectivity index (χ3n) is 10.6. The van der Waals surface area contributed by atoms with Crippen molar-refractivity contribution < 1.29 is 43.6 Å². The summed E-state index contributed by atoms with van der Waals surface area (Å²) in [6.45, 7) is 5.65. The third-order valence-corrected chi connectivity index (χ3v) is 16.4. The van der Waals surface area contributed by atoms with E-state index in [1.807, 2.05) is 26.1 Å². The van der Waals surface area contributed by atoms with Crippen molar-refractivity contribution in [3.05, 3.63) is 24.3 Å². The molecule has 3 unspecified atom stereocenters. The monoisotopic (exact) mass is 754 g/mol. The second kappa shape index (κ2) is 10.4. The lowest BCUT2D eigenvalue weighted by Crippen LogP contribution is -2.71. The van der Waals surface area contributed by atoms with Crippen LogP contribution in [-0.2, 0) is 23.8 Å². The van der Waals surface area contributed by atoms with E-state index < -0.39 is 67.6 Å². The van der Waals surface area contributed by atoms with Crippen molar-refractivity contribution in [2.45, 2.75) is 89.3 Å². The Hall–Kier alpha value is -0.340. The molecular weight excluding hydrogens is 718 g/mol. The molecule has 0 aromatic rings. The molecule has 3 heterocycles. The van der Waals surface area contributed by atoms with Crippen LogP contribution in [0.25, 0.3) is 0 Å². The van der Waals surface area contributed by atoms with E-state index in [-0.39, 0.29) is 34.8 Å². The van der Waals surface area contributed by atoms with Crippen LogP contribution in [-0.4, -0.2) is 108 Å². The molecule has 0 aromatic carbocycles. The van der Waals surface area contributed by atoms with Crippen LogP contribution in [0.3, 0.4) is 0 Å². The maximum atomic E-state index is 13.1. The number of esters is 1. The number of nitrogens with zero attached hydrogens (tertiary/aromatic N) is 1. The Labute approximate surface area is 260 Å². The lowest BCUT2D eigenvalue weighted by molar-refractivity contribution is -0.953. The summed E-state index contributed by atoms with van der Waals surface area (Å²) in [7, 11) is 3.38. The zero-order valence-corrected chi connectivity index (χ0v) is 28.0. The summed E-state index contributed by atoms with van der Waals surface area (Å²) in [5.41, 5.74) is -0.895. The fourth-order valence-corrected chi connectivity index (χ4v) is 12.4. The van der Waals surface area contributed by atoms with Gasteiger partial charge in [-0.1, -0.05) is 63.1 Å². The number of rotatable bonds is 4. The number of cyclic esters (lactones) is 1. The molecule has 5 aliphatic rings. The normalized spacial score (nSPS) is 55.3. The van der Waals surface area contributed by atoms with Crippen LogP contribution in [0, 0.1) is 23.7 Å². The molecule has 12 heteroatoms. The predicted molar refractivity (Wildman–Crippen MR) is 157 cm³/mol. The third kappa shape index (κ3) is 3.92.